The van der Waals surface area contributed by atoms with Crippen molar-refractivity contribution in [3.05, 3.63) is 41.2 Å². The van der Waals surface area contributed by atoms with Crippen LogP contribution in [0.25, 0.3) is 11.0 Å². The highest BCUT2D eigenvalue weighted by Crippen LogP contribution is 2.18. The van der Waals surface area contributed by atoms with E-state index in [1.54, 1.807) is 0 Å². The van der Waals surface area contributed by atoms with Crippen LogP contribution in [0.5, 0.6) is 0 Å². The fraction of sp³-hybridized carbons (Fsp3) is 0.357. The molecular formula is C14H18N2OS. The maximum absolute atomic E-state index is 5.54. The third-order valence-electron chi connectivity index (χ3n) is 2.92. The zero-order valence-corrected chi connectivity index (χ0v) is 11.4. The minimum Gasteiger partial charge on any atom is -0.379 e. The van der Waals surface area contributed by atoms with Crippen LogP contribution in [0.15, 0.2) is 30.9 Å². The predicted molar refractivity (Wildman–Crippen MR) is 77.5 cm³/mol. The van der Waals surface area contributed by atoms with E-state index in [9.17, 15) is 0 Å². The molecule has 1 aromatic carbocycles. The van der Waals surface area contributed by atoms with E-state index in [-0.39, 0.29) is 0 Å². The molecule has 3 nitrogen and oxygen atoms in total. The van der Waals surface area contributed by atoms with Gasteiger partial charge in [-0.05, 0) is 37.2 Å². The molecule has 96 valence electrons. The summed E-state index contributed by atoms with van der Waals surface area (Å²) >= 11 is 5.35. The average Bonchev–Trinajstić information content (AvgIpc) is 2.67. The van der Waals surface area contributed by atoms with Crippen molar-refractivity contribution < 1.29 is 4.74 Å². The van der Waals surface area contributed by atoms with E-state index >= 15 is 0 Å². The van der Waals surface area contributed by atoms with Crippen LogP contribution in [-0.2, 0) is 11.3 Å². The summed E-state index contributed by atoms with van der Waals surface area (Å²) in [6, 6.07) is 6.18. The minimum atomic E-state index is 0.670. The number of aryl methyl sites for hydroxylation is 1. The number of benzene rings is 1. The quantitative estimate of drug-likeness (QED) is 0.490. The van der Waals surface area contributed by atoms with Crippen LogP contribution in [0, 0.1) is 11.7 Å². The van der Waals surface area contributed by atoms with Crippen molar-refractivity contribution in [2.75, 3.05) is 13.2 Å². The summed E-state index contributed by atoms with van der Waals surface area (Å²) in [5.74, 6) is 0. The van der Waals surface area contributed by atoms with E-state index < -0.39 is 0 Å². The fourth-order valence-corrected chi connectivity index (χ4v) is 2.33. The Morgan fingerprint density at radius 3 is 3.06 bits per heavy atom. The zero-order chi connectivity index (χ0) is 13.0. The topological polar surface area (TPSA) is 29.9 Å². The Kier molecular flexibility index (Phi) is 4.33. The molecule has 0 aliphatic rings. The Bertz CT molecular complexity index is 597. The maximum atomic E-state index is 5.54. The second kappa shape index (κ2) is 5.98. The van der Waals surface area contributed by atoms with Crippen LogP contribution in [0.4, 0.5) is 0 Å². The lowest BCUT2D eigenvalue weighted by Crippen LogP contribution is -2.07. The van der Waals surface area contributed by atoms with E-state index in [2.05, 4.69) is 29.1 Å². The Balaban J connectivity index is 2.15. The van der Waals surface area contributed by atoms with Crippen molar-refractivity contribution >= 4 is 23.3 Å². The first kappa shape index (κ1) is 13.1. The number of ether oxygens (including phenoxy) is 1. The summed E-state index contributed by atoms with van der Waals surface area (Å²) in [5.41, 5.74) is 3.49. The van der Waals surface area contributed by atoms with Crippen LogP contribution >= 0.6 is 12.2 Å². The zero-order valence-electron chi connectivity index (χ0n) is 10.6. The van der Waals surface area contributed by atoms with Crippen molar-refractivity contribution in [2.45, 2.75) is 19.9 Å². The van der Waals surface area contributed by atoms with Gasteiger partial charge in [0.05, 0.1) is 24.2 Å². The van der Waals surface area contributed by atoms with E-state index in [1.165, 1.54) is 11.1 Å². The molecule has 0 unspecified atom stereocenters. The number of imidazole rings is 1. The molecule has 0 fully saturated rings. The molecule has 4 heteroatoms. The second-order valence-electron chi connectivity index (χ2n) is 4.24. The number of hydrogen-bond acceptors (Lipinski definition) is 2. The largest absolute Gasteiger partial charge is 0.379 e. The van der Waals surface area contributed by atoms with E-state index in [0.29, 0.717) is 6.61 Å². The molecule has 0 radical (unpaired) electrons. The van der Waals surface area contributed by atoms with Crippen molar-refractivity contribution in [3.8, 4) is 0 Å². The van der Waals surface area contributed by atoms with Gasteiger partial charge in [-0.3, -0.25) is 0 Å². The normalized spacial score (nSPS) is 10.9. The smallest absolute Gasteiger partial charge is 0.178 e. The molecule has 0 spiro atoms. The molecule has 0 bridgehead atoms. The van der Waals surface area contributed by atoms with Gasteiger partial charge in [0.25, 0.3) is 0 Å². The maximum Gasteiger partial charge on any atom is 0.178 e. The lowest BCUT2D eigenvalue weighted by Gasteiger charge is -2.07. The van der Waals surface area contributed by atoms with Gasteiger partial charge in [-0.15, -0.1) is 6.58 Å². The molecule has 0 atom stereocenters. The number of rotatable bonds is 6. The first-order valence-corrected chi connectivity index (χ1v) is 6.51. The predicted octanol–water partition coefficient (Wildman–Crippen LogP) is 3.60. The molecule has 1 N–H and O–H groups in total. The lowest BCUT2D eigenvalue weighted by molar-refractivity contribution is 0.131. The molecule has 2 aromatic rings. The molecule has 0 aliphatic carbocycles. The van der Waals surface area contributed by atoms with Crippen molar-refractivity contribution in [2.24, 2.45) is 0 Å². The third kappa shape index (κ3) is 2.71. The fourth-order valence-electron chi connectivity index (χ4n) is 2.04. The van der Waals surface area contributed by atoms with Gasteiger partial charge in [0, 0.05) is 6.54 Å². The lowest BCUT2D eigenvalue weighted by atomic mass is 10.2. The molecule has 1 heterocycles. The number of para-hydroxylation sites is 1. The Morgan fingerprint density at radius 1 is 1.44 bits per heavy atom. The number of nitrogens with zero attached hydrogens (tertiary/aromatic N) is 1. The number of aromatic amines is 1. The summed E-state index contributed by atoms with van der Waals surface area (Å²) in [5, 5.41) is 0. The highest BCUT2D eigenvalue weighted by atomic mass is 32.1. The summed E-state index contributed by atoms with van der Waals surface area (Å²) in [6.07, 6.45) is 2.75. The first-order chi connectivity index (χ1) is 8.74. The van der Waals surface area contributed by atoms with E-state index in [4.69, 9.17) is 17.0 Å². The summed E-state index contributed by atoms with van der Waals surface area (Å²) in [7, 11) is 0. The summed E-state index contributed by atoms with van der Waals surface area (Å²) in [6.45, 7) is 7.93. The van der Waals surface area contributed by atoms with E-state index in [0.717, 1.165) is 29.9 Å². The Morgan fingerprint density at radius 2 is 2.28 bits per heavy atom. The van der Waals surface area contributed by atoms with Crippen LogP contribution in [0.1, 0.15) is 12.0 Å². The SMILES string of the molecule is C=CCCOCCn1c(=S)[nH]c2cccc(C)c21. The monoisotopic (exact) mass is 262 g/mol. The van der Waals surface area contributed by atoms with Gasteiger partial charge >= 0.3 is 0 Å². The highest BCUT2D eigenvalue weighted by molar-refractivity contribution is 7.71. The van der Waals surface area contributed by atoms with Crippen LogP contribution in [0.3, 0.4) is 0 Å². The van der Waals surface area contributed by atoms with Gasteiger partial charge in [0.1, 0.15) is 0 Å². The molecule has 1 aromatic heterocycles. The number of hydrogen-bond donors (Lipinski definition) is 1. The standard InChI is InChI=1S/C14H18N2OS/c1-3-4-9-17-10-8-16-13-11(2)6-5-7-12(13)15-14(16)18/h3,5-7H,1,4,8-10H2,2H3,(H,15,18). The van der Waals surface area contributed by atoms with Crippen LogP contribution < -0.4 is 0 Å². The van der Waals surface area contributed by atoms with Gasteiger partial charge < -0.3 is 14.3 Å². The molecule has 18 heavy (non-hydrogen) atoms. The van der Waals surface area contributed by atoms with Crippen molar-refractivity contribution in [1.82, 2.24) is 9.55 Å². The molecule has 2 rings (SSSR count). The first-order valence-electron chi connectivity index (χ1n) is 6.11. The number of H-pyrrole nitrogens is 1. The summed E-state index contributed by atoms with van der Waals surface area (Å²) in [4.78, 5) is 3.23. The number of fused-ring (bicyclic) bond motifs is 1. The van der Waals surface area contributed by atoms with Crippen LogP contribution in [0.2, 0.25) is 0 Å². The van der Waals surface area contributed by atoms with Crippen molar-refractivity contribution in [3.63, 3.8) is 0 Å². The van der Waals surface area contributed by atoms with Gasteiger partial charge in [0.2, 0.25) is 0 Å². The molecule has 0 aliphatic heterocycles. The molecule has 0 saturated heterocycles. The summed E-state index contributed by atoms with van der Waals surface area (Å²) < 4.78 is 8.40. The van der Waals surface area contributed by atoms with Gasteiger partial charge in [-0.1, -0.05) is 18.2 Å². The van der Waals surface area contributed by atoms with Crippen molar-refractivity contribution in [1.29, 1.82) is 0 Å². The average molecular weight is 262 g/mol. The number of aromatic nitrogens is 2. The second-order valence-corrected chi connectivity index (χ2v) is 4.63. The molecular weight excluding hydrogens is 244 g/mol. The highest BCUT2D eigenvalue weighted by Gasteiger charge is 2.06. The van der Waals surface area contributed by atoms with Gasteiger partial charge in [0.15, 0.2) is 4.77 Å². The Hall–Kier alpha value is -1.39. The number of nitrogens with one attached hydrogen (secondary N) is 1. The molecule has 0 amide bonds. The van der Waals surface area contributed by atoms with Crippen LogP contribution in [-0.4, -0.2) is 22.8 Å². The molecule has 0 saturated carbocycles. The van der Waals surface area contributed by atoms with Gasteiger partial charge in [-0.25, -0.2) is 0 Å². The van der Waals surface area contributed by atoms with E-state index in [1.807, 2.05) is 18.2 Å². The van der Waals surface area contributed by atoms with Gasteiger partial charge in [-0.2, -0.15) is 0 Å². The minimum absolute atomic E-state index is 0.670. The Labute approximate surface area is 112 Å². The third-order valence-corrected chi connectivity index (χ3v) is 3.24.